The largest absolute Gasteiger partial charge is 0.444 e. The lowest BCUT2D eigenvalue weighted by molar-refractivity contribution is 0.0280. The van der Waals surface area contributed by atoms with Crippen LogP contribution in [-0.4, -0.2) is 57.1 Å². The van der Waals surface area contributed by atoms with Gasteiger partial charge in [-0.05, 0) is 12.1 Å². The highest BCUT2D eigenvalue weighted by atomic mass is 31.2. The van der Waals surface area contributed by atoms with E-state index in [1.54, 1.807) is 27.7 Å². The van der Waals surface area contributed by atoms with Crippen LogP contribution in [0.3, 0.4) is 0 Å². The van der Waals surface area contributed by atoms with Gasteiger partial charge in [0.05, 0.1) is 0 Å². The predicted octanol–water partition coefficient (Wildman–Crippen LogP) is 4.33. The van der Waals surface area contributed by atoms with Gasteiger partial charge in [-0.25, -0.2) is 14.6 Å². The standard InChI is InChI=1S/C19H31NO10P2/c1-12(2)18(31(23,25-5)26-6)29-16(21)14-10-9-11-15(20-14)17(22)30-19(13(3)4)32(24,27-7)28-8/h9-13,18-19H,1-8H3. The molecule has 1 aromatic heterocycles. The van der Waals surface area contributed by atoms with Gasteiger partial charge in [0.25, 0.3) is 0 Å². The molecule has 1 heterocycles. The molecule has 0 aromatic carbocycles. The van der Waals surface area contributed by atoms with Gasteiger partial charge in [0.2, 0.25) is 11.7 Å². The fourth-order valence-corrected chi connectivity index (χ4v) is 5.74. The van der Waals surface area contributed by atoms with E-state index in [4.69, 9.17) is 27.6 Å². The van der Waals surface area contributed by atoms with E-state index in [1.807, 2.05) is 0 Å². The average Bonchev–Trinajstić information content (AvgIpc) is 2.79. The molecule has 0 aliphatic rings. The smallest absolute Gasteiger partial charge is 0.370 e. The zero-order valence-corrected chi connectivity index (χ0v) is 21.3. The maximum Gasteiger partial charge on any atom is 0.370 e. The van der Waals surface area contributed by atoms with Crippen LogP contribution in [0.5, 0.6) is 0 Å². The van der Waals surface area contributed by atoms with Crippen molar-refractivity contribution in [3.63, 3.8) is 0 Å². The molecule has 1 rings (SSSR count). The summed E-state index contributed by atoms with van der Waals surface area (Å²) in [7, 11) is -2.71. The second-order valence-electron chi connectivity index (χ2n) is 7.30. The molecule has 0 amide bonds. The van der Waals surface area contributed by atoms with Gasteiger partial charge in [0.1, 0.15) is 11.4 Å². The van der Waals surface area contributed by atoms with E-state index >= 15 is 0 Å². The van der Waals surface area contributed by atoms with Crippen LogP contribution in [0.4, 0.5) is 0 Å². The van der Waals surface area contributed by atoms with E-state index in [9.17, 15) is 18.7 Å². The topological polar surface area (TPSA) is 137 Å². The van der Waals surface area contributed by atoms with E-state index in [-0.39, 0.29) is 11.4 Å². The monoisotopic (exact) mass is 495 g/mol. The van der Waals surface area contributed by atoms with Crippen LogP contribution < -0.4 is 0 Å². The summed E-state index contributed by atoms with van der Waals surface area (Å²) in [5.74, 6) is -5.06. The molecule has 1 aromatic rings. The summed E-state index contributed by atoms with van der Waals surface area (Å²) < 4.78 is 55.8. The number of ether oxygens (including phenoxy) is 2. The first-order chi connectivity index (χ1) is 14.9. The third kappa shape index (κ3) is 6.70. The molecule has 0 aliphatic heterocycles. The zero-order valence-electron chi connectivity index (χ0n) is 19.5. The minimum atomic E-state index is -3.73. The van der Waals surface area contributed by atoms with Crippen LogP contribution in [0.25, 0.3) is 0 Å². The second kappa shape index (κ2) is 12.0. The average molecular weight is 495 g/mol. The molecule has 0 spiro atoms. The van der Waals surface area contributed by atoms with Gasteiger partial charge in [-0.1, -0.05) is 33.8 Å². The van der Waals surface area contributed by atoms with Crippen molar-refractivity contribution in [2.45, 2.75) is 39.4 Å². The Hall–Kier alpha value is -1.61. The Bertz CT molecular complexity index is 805. The molecule has 2 unspecified atom stereocenters. The molecule has 0 aliphatic carbocycles. The van der Waals surface area contributed by atoms with Gasteiger partial charge in [-0.3, -0.25) is 9.13 Å². The van der Waals surface area contributed by atoms with Crippen molar-refractivity contribution in [1.82, 2.24) is 4.98 Å². The number of esters is 2. The van der Waals surface area contributed by atoms with Crippen LogP contribution in [0.1, 0.15) is 48.7 Å². The third-order valence-electron chi connectivity index (χ3n) is 4.40. The normalized spacial score (nSPS) is 14.3. The van der Waals surface area contributed by atoms with Gasteiger partial charge in [-0.2, -0.15) is 0 Å². The van der Waals surface area contributed by atoms with Crippen molar-refractivity contribution >= 4 is 27.1 Å². The summed E-state index contributed by atoms with van der Waals surface area (Å²) in [6, 6.07) is 4.03. The zero-order chi connectivity index (χ0) is 24.7. The fourth-order valence-electron chi connectivity index (χ4n) is 2.70. The van der Waals surface area contributed by atoms with Crippen molar-refractivity contribution in [2.75, 3.05) is 28.4 Å². The van der Waals surface area contributed by atoms with E-state index in [2.05, 4.69) is 4.98 Å². The SMILES string of the molecule is COP(=O)(OC)C(OC(=O)c1cccc(C(=O)OC(C(C)C)P(=O)(OC)OC)n1)C(C)C. The third-order valence-corrected chi connectivity index (χ3v) is 9.09. The Balaban J connectivity index is 3.15. The Kier molecular flexibility index (Phi) is 10.7. The number of pyridine rings is 1. The molecule has 0 saturated heterocycles. The Morgan fingerprint density at radius 3 is 1.28 bits per heavy atom. The lowest BCUT2D eigenvalue weighted by Gasteiger charge is -2.27. The van der Waals surface area contributed by atoms with Crippen LogP contribution >= 0.6 is 15.2 Å². The summed E-state index contributed by atoms with van der Waals surface area (Å²) in [6.45, 7) is 6.72. The van der Waals surface area contributed by atoms with Crippen molar-refractivity contribution in [1.29, 1.82) is 0 Å². The Morgan fingerprint density at radius 2 is 1.03 bits per heavy atom. The fraction of sp³-hybridized carbons (Fsp3) is 0.632. The molecule has 0 bridgehead atoms. The summed E-state index contributed by atoms with van der Waals surface area (Å²) >= 11 is 0. The number of nitrogens with zero attached hydrogens (tertiary/aromatic N) is 1. The Morgan fingerprint density at radius 1 is 0.719 bits per heavy atom. The Labute approximate surface area is 188 Å². The number of aromatic nitrogens is 1. The first-order valence-corrected chi connectivity index (χ1v) is 12.9. The highest BCUT2D eigenvalue weighted by molar-refractivity contribution is 7.54. The number of hydrogen-bond donors (Lipinski definition) is 0. The maximum absolute atomic E-state index is 12.7. The summed E-state index contributed by atoms with van der Waals surface area (Å²) in [6.07, 6.45) is 0. The van der Waals surface area contributed by atoms with Gasteiger partial charge < -0.3 is 27.6 Å². The highest BCUT2D eigenvalue weighted by Crippen LogP contribution is 2.55. The molecule has 182 valence electrons. The number of carbonyl (C=O) groups excluding carboxylic acids is 2. The molecule has 11 nitrogen and oxygen atoms in total. The predicted molar refractivity (Wildman–Crippen MR) is 116 cm³/mol. The highest BCUT2D eigenvalue weighted by Gasteiger charge is 2.41. The van der Waals surface area contributed by atoms with Crippen LogP contribution in [-0.2, 0) is 36.7 Å². The second-order valence-corrected chi connectivity index (χ2v) is 11.9. The minimum absolute atomic E-state index is 0.230. The number of carbonyl (C=O) groups is 2. The maximum atomic E-state index is 12.7. The molecule has 0 saturated carbocycles. The van der Waals surface area contributed by atoms with Crippen LogP contribution in [0, 0.1) is 11.8 Å². The van der Waals surface area contributed by atoms with E-state index in [0.29, 0.717) is 0 Å². The van der Waals surface area contributed by atoms with Gasteiger partial charge in [0, 0.05) is 40.3 Å². The molecule has 0 N–H and O–H groups in total. The molecule has 0 radical (unpaired) electrons. The molecule has 13 heteroatoms. The van der Waals surface area contributed by atoms with Crippen molar-refractivity contribution in [3.05, 3.63) is 29.6 Å². The van der Waals surface area contributed by atoms with Crippen molar-refractivity contribution < 1.29 is 46.3 Å². The lowest BCUT2D eigenvalue weighted by atomic mass is 10.2. The number of rotatable bonds is 12. The molecule has 0 fully saturated rings. The lowest BCUT2D eigenvalue weighted by Crippen LogP contribution is -2.27. The van der Waals surface area contributed by atoms with E-state index < -0.39 is 50.7 Å². The van der Waals surface area contributed by atoms with Gasteiger partial charge in [-0.15, -0.1) is 0 Å². The van der Waals surface area contributed by atoms with E-state index in [1.165, 1.54) is 46.6 Å². The van der Waals surface area contributed by atoms with E-state index in [0.717, 1.165) is 0 Å². The first-order valence-electron chi connectivity index (χ1n) is 9.70. The van der Waals surface area contributed by atoms with Crippen LogP contribution in [0.15, 0.2) is 18.2 Å². The summed E-state index contributed by atoms with van der Waals surface area (Å²) in [5, 5.41) is 0. The first kappa shape index (κ1) is 28.4. The summed E-state index contributed by atoms with van der Waals surface area (Å²) in [4.78, 5) is 29.3. The van der Waals surface area contributed by atoms with Gasteiger partial charge >= 0.3 is 27.1 Å². The summed E-state index contributed by atoms with van der Waals surface area (Å²) in [5.41, 5.74) is -0.460. The minimum Gasteiger partial charge on any atom is -0.444 e. The molecule has 2 atom stereocenters. The molecular formula is C19H31NO10P2. The van der Waals surface area contributed by atoms with Crippen molar-refractivity contribution in [2.24, 2.45) is 11.8 Å². The quantitative estimate of drug-likeness (QED) is 0.303. The van der Waals surface area contributed by atoms with Crippen LogP contribution in [0.2, 0.25) is 0 Å². The van der Waals surface area contributed by atoms with Crippen molar-refractivity contribution in [3.8, 4) is 0 Å². The van der Waals surface area contributed by atoms with Gasteiger partial charge in [0.15, 0.2) is 0 Å². The molecule has 32 heavy (non-hydrogen) atoms. The number of hydrogen-bond acceptors (Lipinski definition) is 11. The molecular weight excluding hydrogens is 464 g/mol.